The molecule has 2 nitrogen and oxygen atoms in total. The van der Waals surface area contributed by atoms with Gasteiger partial charge in [0, 0.05) is 18.6 Å². The van der Waals surface area contributed by atoms with E-state index in [0.717, 1.165) is 5.92 Å². The molecular weight excluding hydrogens is 232 g/mol. The predicted molar refractivity (Wildman–Crippen MR) is 82.3 cm³/mol. The van der Waals surface area contributed by atoms with E-state index in [9.17, 15) is 0 Å². The van der Waals surface area contributed by atoms with Crippen LogP contribution in [0.1, 0.15) is 44.7 Å². The summed E-state index contributed by atoms with van der Waals surface area (Å²) in [6.45, 7) is 7.21. The smallest absolute Gasteiger partial charge is 0.0475 e. The third-order valence-corrected chi connectivity index (χ3v) is 4.43. The van der Waals surface area contributed by atoms with Gasteiger partial charge in [-0.05, 0) is 44.3 Å². The molecule has 106 valence electrons. The Morgan fingerprint density at radius 3 is 2.63 bits per heavy atom. The number of piperidine rings is 1. The maximum Gasteiger partial charge on any atom is 0.0475 e. The van der Waals surface area contributed by atoms with Crippen molar-refractivity contribution in [2.75, 3.05) is 20.1 Å². The number of likely N-dealkylation sites (N-methyl/N-ethyl adjacent to an activating group) is 1. The molecule has 0 saturated carbocycles. The van der Waals surface area contributed by atoms with Gasteiger partial charge >= 0.3 is 0 Å². The fraction of sp³-hybridized carbons (Fsp3) is 0.647. The van der Waals surface area contributed by atoms with Crippen molar-refractivity contribution in [1.29, 1.82) is 0 Å². The molecule has 0 radical (unpaired) electrons. The number of benzene rings is 1. The Labute approximate surface area is 118 Å². The summed E-state index contributed by atoms with van der Waals surface area (Å²) in [4.78, 5) is 2.70. The Hall–Kier alpha value is -0.860. The van der Waals surface area contributed by atoms with E-state index in [0.29, 0.717) is 12.1 Å². The Morgan fingerprint density at radius 2 is 2.05 bits per heavy atom. The average molecular weight is 260 g/mol. The summed E-state index contributed by atoms with van der Waals surface area (Å²) in [7, 11) is 2.09. The molecule has 0 aliphatic carbocycles. The molecule has 3 unspecified atom stereocenters. The van der Waals surface area contributed by atoms with Crippen LogP contribution >= 0.6 is 0 Å². The summed E-state index contributed by atoms with van der Waals surface area (Å²) < 4.78 is 0. The highest BCUT2D eigenvalue weighted by molar-refractivity contribution is 5.20. The van der Waals surface area contributed by atoms with E-state index < -0.39 is 0 Å². The molecule has 2 rings (SSSR count). The van der Waals surface area contributed by atoms with Crippen LogP contribution in [-0.4, -0.2) is 31.1 Å². The fourth-order valence-corrected chi connectivity index (χ4v) is 3.47. The lowest BCUT2D eigenvalue weighted by Crippen LogP contribution is -2.47. The molecule has 1 saturated heterocycles. The second kappa shape index (κ2) is 7.06. The quantitative estimate of drug-likeness (QED) is 0.872. The Balaban J connectivity index is 2.14. The molecule has 0 spiro atoms. The summed E-state index contributed by atoms with van der Waals surface area (Å²) in [6, 6.07) is 11.9. The highest BCUT2D eigenvalue weighted by Gasteiger charge is 2.28. The number of hydrogen-bond donors (Lipinski definition) is 1. The van der Waals surface area contributed by atoms with Gasteiger partial charge in [0.1, 0.15) is 0 Å². The van der Waals surface area contributed by atoms with Crippen molar-refractivity contribution in [2.24, 2.45) is 5.92 Å². The van der Waals surface area contributed by atoms with Crippen LogP contribution in [0.5, 0.6) is 0 Å². The molecule has 0 aromatic heterocycles. The maximum absolute atomic E-state index is 3.54. The summed E-state index contributed by atoms with van der Waals surface area (Å²) in [5, 5.41) is 3.54. The van der Waals surface area contributed by atoms with Gasteiger partial charge < -0.3 is 5.32 Å². The second-order valence-corrected chi connectivity index (χ2v) is 5.89. The van der Waals surface area contributed by atoms with Crippen LogP contribution in [0, 0.1) is 5.92 Å². The van der Waals surface area contributed by atoms with Gasteiger partial charge in [0.05, 0.1) is 0 Å². The van der Waals surface area contributed by atoms with Crippen LogP contribution in [0.4, 0.5) is 0 Å². The lowest BCUT2D eigenvalue weighted by Gasteiger charge is -2.41. The van der Waals surface area contributed by atoms with Crippen molar-refractivity contribution < 1.29 is 0 Å². The molecule has 1 aromatic carbocycles. The van der Waals surface area contributed by atoms with E-state index >= 15 is 0 Å². The normalized spacial score (nSPS) is 24.1. The largest absolute Gasteiger partial charge is 0.312 e. The van der Waals surface area contributed by atoms with Gasteiger partial charge in [-0.3, -0.25) is 4.90 Å². The van der Waals surface area contributed by atoms with Crippen molar-refractivity contribution in [3.8, 4) is 0 Å². The first-order chi connectivity index (χ1) is 9.26. The van der Waals surface area contributed by atoms with E-state index in [1.165, 1.54) is 37.9 Å². The zero-order valence-electron chi connectivity index (χ0n) is 12.6. The first kappa shape index (κ1) is 14.5. The summed E-state index contributed by atoms with van der Waals surface area (Å²) in [5.41, 5.74) is 1.41. The van der Waals surface area contributed by atoms with Crippen LogP contribution in [-0.2, 0) is 0 Å². The summed E-state index contributed by atoms with van der Waals surface area (Å²) >= 11 is 0. The lowest BCUT2D eigenvalue weighted by atomic mass is 9.92. The van der Waals surface area contributed by atoms with E-state index in [2.05, 4.69) is 61.4 Å². The fourth-order valence-electron chi connectivity index (χ4n) is 3.47. The minimum absolute atomic E-state index is 0.441. The lowest BCUT2D eigenvalue weighted by molar-refractivity contribution is 0.102. The minimum atomic E-state index is 0.441. The molecule has 0 amide bonds. The number of nitrogens with zero attached hydrogens (tertiary/aromatic N) is 1. The van der Waals surface area contributed by atoms with Gasteiger partial charge in [-0.15, -0.1) is 0 Å². The molecule has 2 heteroatoms. The highest BCUT2D eigenvalue weighted by Crippen LogP contribution is 2.27. The highest BCUT2D eigenvalue weighted by atomic mass is 15.2. The Kier molecular flexibility index (Phi) is 5.41. The van der Waals surface area contributed by atoms with Crippen molar-refractivity contribution >= 4 is 0 Å². The number of hydrogen-bond acceptors (Lipinski definition) is 2. The summed E-state index contributed by atoms with van der Waals surface area (Å²) in [5.74, 6) is 0.844. The molecule has 1 fully saturated rings. The van der Waals surface area contributed by atoms with Crippen molar-refractivity contribution in [3.63, 3.8) is 0 Å². The molecule has 1 N–H and O–H groups in total. The molecule has 1 aliphatic heterocycles. The topological polar surface area (TPSA) is 15.3 Å². The second-order valence-electron chi connectivity index (χ2n) is 5.89. The van der Waals surface area contributed by atoms with Crippen molar-refractivity contribution in [3.05, 3.63) is 35.9 Å². The standard InChI is InChI=1S/C17H28N2/c1-4-16(19-12-8-9-14(2)13-19)17(18-3)15-10-6-5-7-11-15/h5-7,10-11,14,16-18H,4,8-9,12-13H2,1-3H3. The van der Waals surface area contributed by atoms with Crippen LogP contribution in [0.2, 0.25) is 0 Å². The van der Waals surface area contributed by atoms with Crippen LogP contribution in [0.15, 0.2) is 30.3 Å². The molecule has 1 aromatic rings. The first-order valence-corrected chi connectivity index (χ1v) is 7.72. The van der Waals surface area contributed by atoms with E-state index in [4.69, 9.17) is 0 Å². The van der Waals surface area contributed by atoms with Gasteiger partial charge in [0.15, 0.2) is 0 Å². The summed E-state index contributed by atoms with van der Waals surface area (Å²) in [6.07, 6.45) is 3.94. The average Bonchev–Trinajstić information content (AvgIpc) is 2.45. The first-order valence-electron chi connectivity index (χ1n) is 7.72. The zero-order valence-corrected chi connectivity index (χ0v) is 12.6. The molecule has 0 bridgehead atoms. The van der Waals surface area contributed by atoms with Crippen LogP contribution < -0.4 is 5.32 Å². The SMILES string of the molecule is CCC(C(NC)c1ccccc1)N1CCCC(C)C1. The number of nitrogens with one attached hydrogen (secondary N) is 1. The van der Waals surface area contributed by atoms with Gasteiger partial charge in [-0.2, -0.15) is 0 Å². The third-order valence-electron chi connectivity index (χ3n) is 4.43. The molecule has 19 heavy (non-hydrogen) atoms. The molecular formula is C17H28N2. The predicted octanol–water partition coefficient (Wildman–Crippen LogP) is 3.46. The molecule has 1 heterocycles. The van der Waals surface area contributed by atoms with Crippen molar-refractivity contribution in [2.45, 2.75) is 45.2 Å². The number of likely N-dealkylation sites (tertiary alicyclic amines) is 1. The zero-order chi connectivity index (χ0) is 13.7. The van der Waals surface area contributed by atoms with Gasteiger partial charge in [-0.1, -0.05) is 44.2 Å². The van der Waals surface area contributed by atoms with Gasteiger partial charge in [0.2, 0.25) is 0 Å². The van der Waals surface area contributed by atoms with Crippen molar-refractivity contribution in [1.82, 2.24) is 10.2 Å². The Morgan fingerprint density at radius 1 is 1.32 bits per heavy atom. The van der Waals surface area contributed by atoms with E-state index in [-0.39, 0.29) is 0 Å². The van der Waals surface area contributed by atoms with Crippen LogP contribution in [0.25, 0.3) is 0 Å². The third kappa shape index (κ3) is 3.58. The molecule has 3 atom stereocenters. The number of rotatable bonds is 5. The molecule has 1 aliphatic rings. The van der Waals surface area contributed by atoms with Crippen LogP contribution in [0.3, 0.4) is 0 Å². The van der Waals surface area contributed by atoms with E-state index in [1.54, 1.807) is 0 Å². The Bertz CT molecular complexity index is 363. The maximum atomic E-state index is 3.54. The van der Waals surface area contributed by atoms with Gasteiger partial charge in [-0.25, -0.2) is 0 Å². The van der Waals surface area contributed by atoms with E-state index in [1.807, 2.05) is 0 Å². The van der Waals surface area contributed by atoms with Gasteiger partial charge in [0.25, 0.3) is 0 Å². The monoisotopic (exact) mass is 260 g/mol. The minimum Gasteiger partial charge on any atom is -0.312 e.